The van der Waals surface area contributed by atoms with E-state index in [0.717, 1.165) is 38.8 Å². The lowest BCUT2D eigenvalue weighted by Gasteiger charge is -2.30. The first-order valence-corrected chi connectivity index (χ1v) is 9.46. The van der Waals surface area contributed by atoms with Gasteiger partial charge in [-0.25, -0.2) is 0 Å². The van der Waals surface area contributed by atoms with Crippen LogP contribution < -0.4 is 10.6 Å². The first-order valence-electron chi connectivity index (χ1n) is 9.46. The van der Waals surface area contributed by atoms with E-state index in [-0.39, 0.29) is 11.3 Å². The largest absolute Gasteiger partial charge is 0.353 e. The molecule has 1 heterocycles. The minimum Gasteiger partial charge on any atom is -0.353 e. The van der Waals surface area contributed by atoms with Crippen LogP contribution >= 0.6 is 0 Å². The monoisotopic (exact) mass is 330 g/mol. The zero-order valence-corrected chi connectivity index (χ0v) is 15.8. The Morgan fingerprint density at radius 1 is 1.21 bits per heavy atom. The van der Waals surface area contributed by atoms with Gasteiger partial charge in [0.1, 0.15) is 0 Å². The first-order chi connectivity index (χ1) is 11.4. The Balaban J connectivity index is 1.66. The topological polar surface area (TPSA) is 41.1 Å². The van der Waals surface area contributed by atoms with Crippen LogP contribution in [0, 0.1) is 5.92 Å². The van der Waals surface area contributed by atoms with Crippen LogP contribution in [-0.4, -0.2) is 25.0 Å². The third-order valence-corrected chi connectivity index (χ3v) is 5.07. The zero-order valence-electron chi connectivity index (χ0n) is 15.8. The maximum absolute atomic E-state index is 12.1. The molecule has 2 N–H and O–H groups in total. The maximum atomic E-state index is 12.1. The molecule has 1 aliphatic rings. The highest BCUT2D eigenvalue weighted by Crippen LogP contribution is 2.22. The van der Waals surface area contributed by atoms with Gasteiger partial charge in [0.25, 0.3) is 0 Å². The third-order valence-electron chi connectivity index (χ3n) is 5.07. The van der Waals surface area contributed by atoms with Gasteiger partial charge in [0, 0.05) is 12.5 Å². The van der Waals surface area contributed by atoms with Crippen molar-refractivity contribution in [1.82, 2.24) is 10.6 Å². The Morgan fingerprint density at radius 3 is 2.54 bits per heavy atom. The fourth-order valence-electron chi connectivity index (χ4n) is 3.29. The molecule has 2 unspecified atom stereocenters. The van der Waals surface area contributed by atoms with Gasteiger partial charge in [-0.1, -0.05) is 52.0 Å². The van der Waals surface area contributed by atoms with Gasteiger partial charge < -0.3 is 10.6 Å². The van der Waals surface area contributed by atoms with Crippen molar-refractivity contribution in [3.05, 3.63) is 35.4 Å². The zero-order chi connectivity index (χ0) is 17.6. The summed E-state index contributed by atoms with van der Waals surface area (Å²) in [5.41, 5.74) is 2.96. The smallest absolute Gasteiger partial charge is 0.220 e. The summed E-state index contributed by atoms with van der Waals surface area (Å²) in [6.07, 6.45) is 4.79. The molecular formula is C21H34N2O. The molecule has 0 aliphatic carbocycles. The number of hydrogen-bond donors (Lipinski definition) is 2. The van der Waals surface area contributed by atoms with E-state index in [4.69, 9.17) is 0 Å². The normalized spacial score (nSPS) is 21.5. The number of carbonyl (C=O) groups is 1. The molecule has 1 aliphatic heterocycles. The Labute approximate surface area is 147 Å². The lowest BCUT2D eigenvalue weighted by atomic mass is 9.86. The molecular weight excluding hydrogens is 296 g/mol. The molecule has 1 fully saturated rings. The minimum atomic E-state index is 0.211. The second-order valence-electron chi connectivity index (χ2n) is 8.30. The number of unbranched alkanes of at least 4 members (excludes halogenated alkanes) is 1. The lowest BCUT2D eigenvalue weighted by Crippen LogP contribution is -2.48. The lowest BCUT2D eigenvalue weighted by molar-refractivity contribution is -0.122. The minimum absolute atomic E-state index is 0.211. The van der Waals surface area contributed by atoms with Crippen LogP contribution in [0.1, 0.15) is 64.5 Å². The van der Waals surface area contributed by atoms with Crippen LogP contribution in [0.5, 0.6) is 0 Å². The summed E-state index contributed by atoms with van der Waals surface area (Å²) in [4.78, 5) is 12.1. The summed E-state index contributed by atoms with van der Waals surface area (Å²) in [6, 6.07) is 9.29. The summed E-state index contributed by atoms with van der Waals surface area (Å²) >= 11 is 0. The molecule has 1 amide bonds. The van der Waals surface area contributed by atoms with Crippen molar-refractivity contribution in [3.8, 4) is 0 Å². The average Bonchev–Trinajstić information content (AvgIpc) is 2.53. The van der Waals surface area contributed by atoms with E-state index in [0.29, 0.717) is 18.4 Å². The number of aryl methyl sites for hydroxylation is 1. The van der Waals surface area contributed by atoms with Crippen LogP contribution in [0.15, 0.2) is 24.3 Å². The molecule has 0 bridgehead atoms. The van der Waals surface area contributed by atoms with E-state index >= 15 is 0 Å². The van der Waals surface area contributed by atoms with Crippen molar-refractivity contribution in [2.45, 2.75) is 71.3 Å². The number of nitrogens with one attached hydrogen (secondary N) is 2. The molecule has 0 saturated carbocycles. The standard InChI is InChI=1S/C21H34N2O/c1-16-15-22-14-13-19(16)23-20(24)8-6-5-7-17-9-11-18(12-10-17)21(2,3)4/h9-12,16,19,22H,5-8,13-15H2,1-4H3,(H,23,24). The van der Waals surface area contributed by atoms with E-state index in [9.17, 15) is 4.79 Å². The van der Waals surface area contributed by atoms with Crippen molar-refractivity contribution in [1.29, 1.82) is 0 Å². The van der Waals surface area contributed by atoms with E-state index in [1.807, 2.05) is 0 Å². The molecule has 134 valence electrons. The molecule has 0 spiro atoms. The summed E-state index contributed by atoms with van der Waals surface area (Å²) in [6.45, 7) is 10.9. The van der Waals surface area contributed by atoms with Crippen LogP contribution in [-0.2, 0) is 16.6 Å². The molecule has 1 saturated heterocycles. The van der Waals surface area contributed by atoms with E-state index < -0.39 is 0 Å². The highest BCUT2D eigenvalue weighted by Gasteiger charge is 2.22. The van der Waals surface area contributed by atoms with Gasteiger partial charge in [0.2, 0.25) is 5.91 Å². The van der Waals surface area contributed by atoms with Crippen molar-refractivity contribution < 1.29 is 4.79 Å². The summed E-state index contributed by atoms with van der Waals surface area (Å²) in [5.74, 6) is 0.751. The van der Waals surface area contributed by atoms with Gasteiger partial charge in [0.05, 0.1) is 0 Å². The van der Waals surface area contributed by atoms with Gasteiger partial charge in [-0.15, -0.1) is 0 Å². The predicted molar refractivity (Wildman–Crippen MR) is 101 cm³/mol. The molecule has 0 radical (unpaired) electrons. The van der Waals surface area contributed by atoms with Crippen molar-refractivity contribution in [2.24, 2.45) is 5.92 Å². The van der Waals surface area contributed by atoms with Gasteiger partial charge in [-0.2, -0.15) is 0 Å². The Bertz CT molecular complexity index is 516. The van der Waals surface area contributed by atoms with Crippen LogP contribution in [0.4, 0.5) is 0 Å². The number of rotatable bonds is 6. The highest BCUT2D eigenvalue weighted by molar-refractivity contribution is 5.76. The molecule has 2 atom stereocenters. The fourth-order valence-corrected chi connectivity index (χ4v) is 3.29. The molecule has 3 heteroatoms. The van der Waals surface area contributed by atoms with E-state index in [2.05, 4.69) is 62.6 Å². The SMILES string of the molecule is CC1CNCCC1NC(=O)CCCCc1ccc(C(C)(C)C)cc1. The van der Waals surface area contributed by atoms with E-state index in [1.165, 1.54) is 11.1 Å². The quantitative estimate of drug-likeness (QED) is 0.779. The summed E-state index contributed by atoms with van der Waals surface area (Å²) < 4.78 is 0. The third kappa shape index (κ3) is 5.94. The molecule has 3 nitrogen and oxygen atoms in total. The molecule has 2 rings (SSSR count). The number of hydrogen-bond acceptors (Lipinski definition) is 2. The maximum Gasteiger partial charge on any atom is 0.220 e. The van der Waals surface area contributed by atoms with Crippen molar-refractivity contribution in [3.63, 3.8) is 0 Å². The highest BCUT2D eigenvalue weighted by atomic mass is 16.1. The van der Waals surface area contributed by atoms with Crippen molar-refractivity contribution >= 4 is 5.91 Å². The Kier molecular flexibility index (Phi) is 6.85. The number of amides is 1. The van der Waals surface area contributed by atoms with Gasteiger partial charge >= 0.3 is 0 Å². The van der Waals surface area contributed by atoms with E-state index in [1.54, 1.807) is 0 Å². The van der Waals surface area contributed by atoms with Gasteiger partial charge in [0.15, 0.2) is 0 Å². The van der Waals surface area contributed by atoms with Crippen molar-refractivity contribution in [2.75, 3.05) is 13.1 Å². The molecule has 1 aromatic carbocycles. The summed E-state index contributed by atoms with van der Waals surface area (Å²) in [7, 11) is 0. The predicted octanol–water partition coefficient (Wildman–Crippen LogP) is 3.81. The number of benzene rings is 1. The fraction of sp³-hybridized carbons (Fsp3) is 0.667. The van der Waals surface area contributed by atoms with Gasteiger partial charge in [-0.05, 0) is 61.2 Å². The molecule has 1 aromatic rings. The van der Waals surface area contributed by atoms with Crippen LogP contribution in [0.3, 0.4) is 0 Å². The number of carbonyl (C=O) groups excluding carboxylic acids is 1. The second kappa shape index (κ2) is 8.66. The van der Waals surface area contributed by atoms with Crippen LogP contribution in [0.2, 0.25) is 0 Å². The second-order valence-corrected chi connectivity index (χ2v) is 8.30. The molecule has 24 heavy (non-hydrogen) atoms. The number of piperidine rings is 1. The van der Waals surface area contributed by atoms with Crippen LogP contribution in [0.25, 0.3) is 0 Å². The Morgan fingerprint density at radius 2 is 1.92 bits per heavy atom. The average molecular weight is 331 g/mol. The summed E-state index contributed by atoms with van der Waals surface area (Å²) in [5, 5.41) is 6.58. The Hall–Kier alpha value is -1.35. The molecule has 0 aromatic heterocycles. The first kappa shape index (κ1) is 19.0. The van der Waals surface area contributed by atoms with Gasteiger partial charge in [-0.3, -0.25) is 4.79 Å².